The van der Waals surface area contributed by atoms with Crippen molar-refractivity contribution < 1.29 is 28.5 Å². The number of nitrogens with zero attached hydrogens (tertiary/aromatic N) is 4. The van der Waals surface area contributed by atoms with Crippen molar-refractivity contribution >= 4 is 12.2 Å². The van der Waals surface area contributed by atoms with Crippen LogP contribution in [0.15, 0.2) is 24.3 Å². The average molecular weight is 591 g/mol. The molecule has 10 heteroatoms. The van der Waals surface area contributed by atoms with E-state index in [1.807, 2.05) is 65.8 Å². The first-order chi connectivity index (χ1) is 19.9. The van der Waals surface area contributed by atoms with Gasteiger partial charge in [-0.3, -0.25) is 9.80 Å². The average Bonchev–Trinajstić information content (AvgIpc) is 2.92. The van der Waals surface area contributed by atoms with E-state index in [1.54, 1.807) is 9.80 Å². The monoisotopic (exact) mass is 590 g/mol. The second-order valence-corrected chi connectivity index (χ2v) is 13.2. The van der Waals surface area contributed by atoms with Crippen LogP contribution in [0.5, 0.6) is 11.5 Å². The summed E-state index contributed by atoms with van der Waals surface area (Å²) in [5, 5.41) is 0. The number of unbranched alkanes of at least 4 members (excludes halogenated alkanes) is 2. The number of piperazine rings is 2. The Balaban J connectivity index is 1.18. The van der Waals surface area contributed by atoms with Gasteiger partial charge in [-0.25, -0.2) is 9.59 Å². The standard InChI is InChI=1S/C32H54N4O6/c1-31(2,3)41-29(37)35-21-17-33(18-22-35)15-7-9-25-39-27-11-13-28(14-12-27)40-26-10-8-16-34-19-23-36(24-20-34)30(38)42-32(4,5)6/h11-14H,7-10,15-26H2,1-6H3. The number of rotatable bonds is 12. The first-order valence-electron chi connectivity index (χ1n) is 15.6. The Labute approximate surface area is 253 Å². The summed E-state index contributed by atoms with van der Waals surface area (Å²) in [6.45, 7) is 21.2. The van der Waals surface area contributed by atoms with Crippen molar-refractivity contribution in [3.63, 3.8) is 0 Å². The molecule has 0 radical (unpaired) electrons. The van der Waals surface area contributed by atoms with Crippen molar-refractivity contribution in [2.24, 2.45) is 0 Å². The van der Waals surface area contributed by atoms with Crippen LogP contribution in [-0.4, -0.2) is 122 Å². The summed E-state index contributed by atoms with van der Waals surface area (Å²) in [5.41, 5.74) is -0.903. The molecule has 0 atom stereocenters. The number of carbonyl (C=O) groups is 2. The van der Waals surface area contributed by atoms with E-state index in [0.717, 1.165) is 76.5 Å². The number of ether oxygens (including phenoxy) is 4. The summed E-state index contributed by atoms with van der Waals surface area (Å²) in [6, 6.07) is 7.87. The van der Waals surface area contributed by atoms with E-state index < -0.39 is 11.2 Å². The van der Waals surface area contributed by atoms with Gasteiger partial charge in [0.25, 0.3) is 0 Å². The summed E-state index contributed by atoms with van der Waals surface area (Å²) in [4.78, 5) is 32.8. The molecule has 3 rings (SSSR count). The SMILES string of the molecule is CC(C)(C)OC(=O)N1CCN(CCCCOc2ccc(OCCCCN3CCN(C(=O)OC(C)(C)C)CC3)cc2)CC1. The minimum absolute atomic E-state index is 0.212. The van der Waals surface area contributed by atoms with Gasteiger partial charge < -0.3 is 28.7 Å². The topological polar surface area (TPSA) is 84.0 Å². The third-order valence-electron chi connectivity index (χ3n) is 7.15. The Morgan fingerprint density at radius 1 is 0.571 bits per heavy atom. The third kappa shape index (κ3) is 13.1. The minimum atomic E-state index is -0.452. The Morgan fingerprint density at radius 2 is 0.905 bits per heavy atom. The van der Waals surface area contributed by atoms with E-state index >= 15 is 0 Å². The molecule has 0 unspecified atom stereocenters. The van der Waals surface area contributed by atoms with Gasteiger partial charge in [-0.1, -0.05) is 0 Å². The zero-order valence-electron chi connectivity index (χ0n) is 26.9. The quantitative estimate of drug-likeness (QED) is 0.311. The van der Waals surface area contributed by atoms with Gasteiger partial charge in [0, 0.05) is 52.4 Å². The normalized spacial score (nSPS) is 17.2. The van der Waals surface area contributed by atoms with Crippen molar-refractivity contribution in [3.8, 4) is 11.5 Å². The fourth-order valence-corrected chi connectivity index (χ4v) is 4.85. The van der Waals surface area contributed by atoms with Crippen LogP contribution in [0.2, 0.25) is 0 Å². The van der Waals surface area contributed by atoms with Crippen LogP contribution in [0.25, 0.3) is 0 Å². The van der Waals surface area contributed by atoms with Gasteiger partial charge in [0.1, 0.15) is 22.7 Å². The molecule has 42 heavy (non-hydrogen) atoms. The highest BCUT2D eigenvalue weighted by Crippen LogP contribution is 2.19. The third-order valence-corrected chi connectivity index (χ3v) is 7.15. The molecule has 2 amide bonds. The van der Waals surface area contributed by atoms with E-state index in [2.05, 4.69) is 9.80 Å². The van der Waals surface area contributed by atoms with Crippen LogP contribution in [0.3, 0.4) is 0 Å². The molecule has 2 heterocycles. The second kappa shape index (κ2) is 16.2. The molecule has 2 fully saturated rings. The molecule has 1 aromatic rings. The lowest BCUT2D eigenvalue weighted by Crippen LogP contribution is -2.50. The van der Waals surface area contributed by atoms with Crippen molar-refractivity contribution in [2.75, 3.05) is 78.7 Å². The van der Waals surface area contributed by atoms with Crippen LogP contribution < -0.4 is 9.47 Å². The maximum atomic E-state index is 12.2. The number of benzene rings is 1. The van der Waals surface area contributed by atoms with Crippen LogP contribution in [0, 0.1) is 0 Å². The highest BCUT2D eigenvalue weighted by atomic mass is 16.6. The number of amides is 2. The highest BCUT2D eigenvalue weighted by molar-refractivity contribution is 5.68. The minimum Gasteiger partial charge on any atom is -0.494 e. The van der Waals surface area contributed by atoms with Crippen LogP contribution in [0.4, 0.5) is 9.59 Å². The number of hydrogen-bond donors (Lipinski definition) is 0. The van der Waals surface area contributed by atoms with Crippen LogP contribution in [-0.2, 0) is 9.47 Å². The van der Waals surface area contributed by atoms with Crippen LogP contribution in [0.1, 0.15) is 67.2 Å². The first-order valence-corrected chi connectivity index (χ1v) is 15.6. The number of carbonyl (C=O) groups excluding carboxylic acids is 2. The van der Waals surface area contributed by atoms with Crippen molar-refractivity contribution in [1.29, 1.82) is 0 Å². The lowest BCUT2D eigenvalue weighted by molar-refractivity contribution is 0.0134. The molecule has 0 N–H and O–H groups in total. The molecule has 0 spiro atoms. The van der Waals surface area contributed by atoms with E-state index in [9.17, 15) is 9.59 Å². The maximum Gasteiger partial charge on any atom is 0.410 e. The molecule has 2 aliphatic heterocycles. The highest BCUT2D eigenvalue weighted by Gasteiger charge is 2.26. The van der Waals surface area contributed by atoms with Gasteiger partial charge in [-0.05, 0) is 105 Å². The molecule has 1 aromatic carbocycles. The molecule has 0 aliphatic carbocycles. The summed E-state index contributed by atoms with van der Waals surface area (Å²) in [6.07, 6.45) is 3.67. The van der Waals surface area contributed by atoms with Crippen molar-refractivity contribution in [2.45, 2.75) is 78.4 Å². The fourth-order valence-electron chi connectivity index (χ4n) is 4.85. The predicted octanol–water partition coefficient (Wildman–Crippen LogP) is 5.11. The van der Waals surface area contributed by atoms with E-state index in [1.165, 1.54) is 0 Å². The Hall–Kier alpha value is -2.72. The fraction of sp³-hybridized carbons (Fsp3) is 0.750. The van der Waals surface area contributed by atoms with E-state index in [0.29, 0.717) is 39.4 Å². The molecule has 0 bridgehead atoms. The van der Waals surface area contributed by atoms with E-state index in [4.69, 9.17) is 18.9 Å². The lowest BCUT2D eigenvalue weighted by atomic mass is 10.2. The van der Waals surface area contributed by atoms with Crippen molar-refractivity contribution in [3.05, 3.63) is 24.3 Å². The zero-order chi connectivity index (χ0) is 30.6. The molecule has 2 aliphatic rings. The van der Waals surface area contributed by atoms with Crippen molar-refractivity contribution in [1.82, 2.24) is 19.6 Å². The van der Waals surface area contributed by atoms with Gasteiger partial charge in [-0.15, -0.1) is 0 Å². The number of hydrogen-bond acceptors (Lipinski definition) is 8. The van der Waals surface area contributed by atoms with Gasteiger partial charge in [0.15, 0.2) is 0 Å². The van der Waals surface area contributed by atoms with Gasteiger partial charge >= 0.3 is 12.2 Å². The Morgan fingerprint density at radius 3 is 1.21 bits per heavy atom. The van der Waals surface area contributed by atoms with Gasteiger partial charge in [-0.2, -0.15) is 0 Å². The smallest absolute Gasteiger partial charge is 0.410 e. The van der Waals surface area contributed by atoms with Gasteiger partial charge in [0.05, 0.1) is 13.2 Å². The first kappa shape index (κ1) is 33.8. The Kier molecular flexibility index (Phi) is 13.0. The Bertz CT molecular complexity index is 866. The summed E-state index contributed by atoms with van der Waals surface area (Å²) in [5.74, 6) is 1.72. The molecule has 238 valence electrons. The summed E-state index contributed by atoms with van der Waals surface area (Å²) in [7, 11) is 0. The molecule has 2 saturated heterocycles. The lowest BCUT2D eigenvalue weighted by Gasteiger charge is -2.35. The van der Waals surface area contributed by atoms with Gasteiger partial charge in [0.2, 0.25) is 0 Å². The molecule has 0 aromatic heterocycles. The molecular formula is C32H54N4O6. The molecule has 10 nitrogen and oxygen atoms in total. The molecule has 0 saturated carbocycles. The summed E-state index contributed by atoms with van der Waals surface area (Å²) < 4.78 is 22.8. The zero-order valence-corrected chi connectivity index (χ0v) is 26.9. The van der Waals surface area contributed by atoms with Crippen LogP contribution >= 0.6 is 0 Å². The summed E-state index contributed by atoms with van der Waals surface area (Å²) >= 11 is 0. The maximum absolute atomic E-state index is 12.2. The van der Waals surface area contributed by atoms with E-state index in [-0.39, 0.29) is 12.2 Å². The largest absolute Gasteiger partial charge is 0.494 e. The molecular weight excluding hydrogens is 536 g/mol. The predicted molar refractivity (Wildman–Crippen MR) is 164 cm³/mol. The second-order valence-electron chi connectivity index (χ2n) is 13.2.